The van der Waals surface area contributed by atoms with Crippen LogP contribution in [-0.2, 0) is 10.0 Å². The molecule has 0 radical (unpaired) electrons. The molecule has 23 heavy (non-hydrogen) atoms. The van der Waals surface area contributed by atoms with E-state index in [0.717, 1.165) is 17.4 Å². The molecule has 0 saturated heterocycles. The lowest BCUT2D eigenvalue weighted by atomic mass is 10.1. The average molecular weight is 332 g/mol. The predicted octanol–water partition coefficient (Wildman–Crippen LogP) is 1.36. The highest BCUT2D eigenvalue weighted by Crippen LogP contribution is 2.26. The van der Waals surface area contributed by atoms with E-state index < -0.39 is 10.0 Å². The number of hydrogen-bond acceptors (Lipinski definition) is 6. The summed E-state index contributed by atoms with van der Waals surface area (Å²) in [6.45, 7) is 3.61. The number of hydrogen-bond donors (Lipinski definition) is 2. The molecule has 3 N–H and O–H groups in total. The number of aryl methyl sites for hydroxylation is 2. The number of nitrogens with two attached hydrogens (primary N) is 1. The van der Waals surface area contributed by atoms with Crippen molar-refractivity contribution in [3.05, 3.63) is 35.7 Å². The highest BCUT2D eigenvalue weighted by atomic mass is 32.2. The number of nitrogens with zero attached hydrogens (tertiary/aromatic N) is 4. The van der Waals surface area contributed by atoms with Gasteiger partial charge in [0.1, 0.15) is 0 Å². The Morgan fingerprint density at radius 3 is 2.61 bits per heavy atom. The first-order valence-corrected chi connectivity index (χ1v) is 8.71. The molecule has 0 spiro atoms. The standard InChI is InChI=1S/C14H16N6O2S/c1-8-4-5-10(6-12(8)19-23(3,21)22)13-7-11(15)14-17-16-9(2)20(14)18-13/h4-7,19H,15H2,1-3H3. The number of benzene rings is 1. The third-order valence-electron chi connectivity index (χ3n) is 3.38. The highest BCUT2D eigenvalue weighted by Gasteiger charge is 2.12. The first kappa shape index (κ1) is 15.2. The van der Waals surface area contributed by atoms with Crippen molar-refractivity contribution in [2.75, 3.05) is 16.7 Å². The summed E-state index contributed by atoms with van der Waals surface area (Å²) in [6, 6.07) is 7.10. The fourth-order valence-electron chi connectivity index (χ4n) is 2.24. The molecule has 0 aliphatic carbocycles. The van der Waals surface area contributed by atoms with E-state index in [4.69, 9.17) is 5.73 Å². The van der Waals surface area contributed by atoms with E-state index in [2.05, 4.69) is 20.0 Å². The third-order valence-corrected chi connectivity index (χ3v) is 3.97. The number of sulfonamides is 1. The molecule has 0 aliphatic rings. The van der Waals surface area contributed by atoms with Gasteiger partial charge in [0.05, 0.1) is 23.3 Å². The molecule has 0 atom stereocenters. The summed E-state index contributed by atoms with van der Waals surface area (Å²) >= 11 is 0. The minimum absolute atomic E-state index is 0.453. The van der Waals surface area contributed by atoms with Crippen LogP contribution in [0, 0.1) is 13.8 Å². The molecule has 120 valence electrons. The number of rotatable bonds is 3. The minimum Gasteiger partial charge on any atom is -0.396 e. The van der Waals surface area contributed by atoms with Crippen LogP contribution in [-0.4, -0.2) is 34.5 Å². The summed E-state index contributed by atoms with van der Waals surface area (Å²) in [7, 11) is -3.36. The molecular weight excluding hydrogens is 316 g/mol. The molecular formula is C14H16N6O2S. The maximum absolute atomic E-state index is 11.5. The van der Waals surface area contributed by atoms with E-state index in [1.807, 2.05) is 19.1 Å². The van der Waals surface area contributed by atoms with E-state index in [9.17, 15) is 8.42 Å². The Kier molecular flexibility index (Phi) is 3.44. The van der Waals surface area contributed by atoms with Gasteiger partial charge in [-0.25, -0.2) is 8.42 Å². The zero-order valence-electron chi connectivity index (χ0n) is 12.9. The van der Waals surface area contributed by atoms with Crippen molar-refractivity contribution in [3.63, 3.8) is 0 Å². The van der Waals surface area contributed by atoms with E-state index in [0.29, 0.717) is 28.5 Å². The Morgan fingerprint density at radius 1 is 1.17 bits per heavy atom. The third kappa shape index (κ3) is 2.95. The smallest absolute Gasteiger partial charge is 0.229 e. The van der Waals surface area contributed by atoms with Gasteiger partial charge in [-0.3, -0.25) is 4.72 Å². The fourth-order valence-corrected chi connectivity index (χ4v) is 2.86. The van der Waals surface area contributed by atoms with Gasteiger partial charge >= 0.3 is 0 Å². The molecule has 8 nitrogen and oxygen atoms in total. The summed E-state index contributed by atoms with van der Waals surface area (Å²) in [4.78, 5) is 0. The fraction of sp³-hybridized carbons (Fsp3) is 0.214. The van der Waals surface area contributed by atoms with Crippen molar-refractivity contribution >= 4 is 27.0 Å². The van der Waals surface area contributed by atoms with Gasteiger partial charge in [0.2, 0.25) is 15.7 Å². The summed E-state index contributed by atoms with van der Waals surface area (Å²) < 4.78 is 27.0. The number of aromatic nitrogens is 4. The molecule has 2 heterocycles. The Bertz CT molecular complexity index is 1010. The zero-order chi connectivity index (χ0) is 16.8. The van der Waals surface area contributed by atoms with Crippen molar-refractivity contribution < 1.29 is 8.42 Å². The van der Waals surface area contributed by atoms with Gasteiger partial charge in [-0.15, -0.1) is 10.2 Å². The molecule has 0 saturated carbocycles. The lowest BCUT2D eigenvalue weighted by molar-refractivity contribution is 0.607. The van der Waals surface area contributed by atoms with Crippen LogP contribution in [0.15, 0.2) is 24.3 Å². The van der Waals surface area contributed by atoms with E-state index >= 15 is 0 Å². The van der Waals surface area contributed by atoms with Gasteiger partial charge < -0.3 is 5.73 Å². The SMILES string of the molecule is Cc1ccc(-c2cc(N)c3nnc(C)n3n2)cc1NS(C)(=O)=O. The normalized spacial score (nSPS) is 11.8. The van der Waals surface area contributed by atoms with Crippen LogP contribution < -0.4 is 10.5 Å². The first-order valence-electron chi connectivity index (χ1n) is 6.82. The van der Waals surface area contributed by atoms with Crippen LogP contribution in [0.25, 0.3) is 16.9 Å². The maximum atomic E-state index is 11.5. The maximum Gasteiger partial charge on any atom is 0.229 e. The van der Waals surface area contributed by atoms with E-state index in [1.54, 1.807) is 23.6 Å². The second-order valence-corrected chi connectivity index (χ2v) is 7.12. The summed E-state index contributed by atoms with van der Waals surface area (Å²) in [5.41, 5.74) is 9.61. The monoisotopic (exact) mass is 332 g/mol. The number of anilines is 2. The quantitative estimate of drug-likeness (QED) is 0.748. The second kappa shape index (κ2) is 5.20. The van der Waals surface area contributed by atoms with Gasteiger partial charge in [0.15, 0.2) is 5.82 Å². The van der Waals surface area contributed by atoms with Crippen molar-refractivity contribution in [3.8, 4) is 11.3 Å². The molecule has 0 bridgehead atoms. The van der Waals surface area contributed by atoms with Crippen LogP contribution in [0.2, 0.25) is 0 Å². The molecule has 1 aromatic carbocycles. The summed E-state index contributed by atoms with van der Waals surface area (Å²) in [5.74, 6) is 0.621. The molecule has 3 rings (SSSR count). The van der Waals surface area contributed by atoms with Gasteiger partial charge in [-0.05, 0) is 31.5 Å². The Balaban J connectivity index is 2.15. The molecule has 2 aromatic heterocycles. The zero-order valence-corrected chi connectivity index (χ0v) is 13.7. The van der Waals surface area contributed by atoms with Crippen molar-refractivity contribution in [2.45, 2.75) is 13.8 Å². The molecule has 9 heteroatoms. The molecule has 3 aromatic rings. The Morgan fingerprint density at radius 2 is 1.91 bits per heavy atom. The highest BCUT2D eigenvalue weighted by molar-refractivity contribution is 7.92. The van der Waals surface area contributed by atoms with Crippen molar-refractivity contribution in [1.29, 1.82) is 0 Å². The van der Waals surface area contributed by atoms with Gasteiger partial charge in [0, 0.05) is 5.56 Å². The number of fused-ring (bicyclic) bond motifs is 1. The van der Waals surface area contributed by atoms with Crippen LogP contribution >= 0.6 is 0 Å². The van der Waals surface area contributed by atoms with E-state index in [1.165, 1.54) is 0 Å². The lowest BCUT2D eigenvalue weighted by Crippen LogP contribution is -2.10. The molecule has 0 unspecified atom stereocenters. The van der Waals surface area contributed by atoms with Gasteiger partial charge in [-0.2, -0.15) is 9.61 Å². The molecule has 0 fully saturated rings. The predicted molar refractivity (Wildman–Crippen MR) is 88.6 cm³/mol. The van der Waals surface area contributed by atoms with Crippen LogP contribution in [0.4, 0.5) is 11.4 Å². The van der Waals surface area contributed by atoms with Crippen LogP contribution in [0.3, 0.4) is 0 Å². The minimum atomic E-state index is -3.36. The number of nitrogen functional groups attached to an aromatic ring is 1. The van der Waals surface area contributed by atoms with Crippen LogP contribution in [0.5, 0.6) is 0 Å². The Labute approximate surface area is 133 Å². The van der Waals surface area contributed by atoms with Crippen molar-refractivity contribution in [1.82, 2.24) is 19.8 Å². The van der Waals surface area contributed by atoms with Crippen LogP contribution in [0.1, 0.15) is 11.4 Å². The lowest BCUT2D eigenvalue weighted by Gasteiger charge is -2.10. The largest absolute Gasteiger partial charge is 0.396 e. The summed E-state index contributed by atoms with van der Waals surface area (Å²) in [5, 5.41) is 12.4. The average Bonchev–Trinajstić information content (AvgIpc) is 2.82. The topological polar surface area (TPSA) is 115 Å². The molecule has 0 amide bonds. The summed E-state index contributed by atoms with van der Waals surface area (Å²) in [6.07, 6.45) is 1.11. The second-order valence-electron chi connectivity index (χ2n) is 5.37. The van der Waals surface area contributed by atoms with Crippen molar-refractivity contribution in [2.24, 2.45) is 0 Å². The van der Waals surface area contributed by atoms with Gasteiger partial charge in [0.25, 0.3) is 0 Å². The van der Waals surface area contributed by atoms with Gasteiger partial charge in [-0.1, -0.05) is 12.1 Å². The molecule has 0 aliphatic heterocycles. The first-order chi connectivity index (χ1) is 10.7. The van der Waals surface area contributed by atoms with E-state index in [-0.39, 0.29) is 0 Å². The number of nitrogens with one attached hydrogen (secondary N) is 1. The Hall–Kier alpha value is -2.68.